The first kappa shape index (κ1) is 10.4. The zero-order valence-electron chi connectivity index (χ0n) is 9.44. The van der Waals surface area contributed by atoms with Crippen LogP contribution in [-0.4, -0.2) is 29.6 Å². The van der Waals surface area contributed by atoms with E-state index in [1.165, 1.54) is 0 Å². The second-order valence-corrected chi connectivity index (χ2v) is 4.49. The van der Waals surface area contributed by atoms with E-state index in [-0.39, 0.29) is 5.56 Å². The summed E-state index contributed by atoms with van der Waals surface area (Å²) in [5, 5.41) is 0. The quantitative estimate of drug-likeness (QED) is 0.694. The standard InChI is InChI=1S/C12H18N2O/c1-10-3-4-12(15)14(9-10)11-5-7-13(2)8-6-11/h3-4,9,11H,5-8H2,1-2H3. The summed E-state index contributed by atoms with van der Waals surface area (Å²) in [4.78, 5) is 14.0. The van der Waals surface area contributed by atoms with Gasteiger partial charge in [0.2, 0.25) is 0 Å². The molecule has 1 aliphatic heterocycles. The summed E-state index contributed by atoms with van der Waals surface area (Å²) in [6, 6.07) is 3.95. The lowest BCUT2D eigenvalue weighted by Crippen LogP contribution is -2.35. The summed E-state index contributed by atoms with van der Waals surface area (Å²) in [7, 11) is 2.13. The third-order valence-electron chi connectivity index (χ3n) is 3.17. The van der Waals surface area contributed by atoms with Crippen molar-refractivity contribution in [2.24, 2.45) is 0 Å². The van der Waals surface area contributed by atoms with Gasteiger partial charge in [0.25, 0.3) is 5.56 Å². The smallest absolute Gasteiger partial charge is 0.250 e. The Hall–Kier alpha value is -1.09. The molecule has 0 aromatic carbocycles. The van der Waals surface area contributed by atoms with Gasteiger partial charge in [-0.15, -0.1) is 0 Å². The predicted octanol–water partition coefficient (Wildman–Crippen LogP) is 1.42. The molecule has 0 saturated carbocycles. The highest BCUT2D eigenvalue weighted by Gasteiger charge is 2.18. The van der Waals surface area contributed by atoms with E-state index in [9.17, 15) is 4.79 Å². The van der Waals surface area contributed by atoms with Crippen LogP contribution in [0.4, 0.5) is 0 Å². The zero-order valence-corrected chi connectivity index (χ0v) is 9.44. The van der Waals surface area contributed by atoms with Crippen LogP contribution in [0.2, 0.25) is 0 Å². The van der Waals surface area contributed by atoms with Crippen molar-refractivity contribution in [3.63, 3.8) is 0 Å². The zero-order chi connectivity index (χ0) is 10.8. The van der Waals surface area contributed by atoms with Gasteiger partial charge in [0.15, 0.2) is 0 Å². The van der Waals surface area contributed by atoms with Crippen molar-refractivity contribution in [3.8, 4) is 0 Å². The highest BCUT2D eigenvalue weighted by Crippen LogP contribution is 2.19. The number of rotatable bonds is 1. The van der Waals surface area contributed by atoms with Crippen LogP contribution in [0.25, 0.3) is 0 Å². The lowest BCUT2D eigenvalue weighted by Gasteiger charge is -2.30. The normalized spacial score (nSPS) is 19.3. The molecule has 2 rings (SSSR count). The van der Waals surface area contributed by atoms with Crippen LogP contribution < -0.4 is 5.56 Å². The number of hydrogen-bond acceptors (Lipinski definition) is 2. The molecular weight excluding hydrogens is 188 g/mol. The summed E-state index contributed by atoms with van der Waals surface area (Å²) in [6.07, 6.45) is 4.15. The molecule has 2 heterocycles. The van der Waals surface area contributed by atoms with Crippen molar-refractivity contribution < 1.29 is 0 Å². The summed E-state index contributed by atoms with van der Waals surface area (Å²) in [5.74, 6) is 0. The molecule has 1 fully saturated rings. The van der Waals surface area contributed by atoms with Crippen LogP contribution >= 0.6 is 0 Å². The maximum atomic E-state index is 11.7. The average Bonchev–Trinajstić information content (AvgIpc) is 2.23. The molecule has 0 radical (unpaired) electrons. The molecule has 1 aromatic heterocycles. The van der Waals surface area contributed by atoms with Gasteiger partial charge in [0, 0.05) is 18.3 Å². The van der Waals surface area contributed by atoms with Gasteiger partial charge in [-0.25, -0.2) is 0 Å². The largest absolute Gasteiger partial charge is 0.312 e. The molecule has 0 bridgehead atoms. The van der Waals surface area contributed by atoms with E-state index < -0.39 is 0 Å². The number of aromatic nitrogens is 1. The average molecular weight is 206 g/mol. The number of likely N-dealkylation sites (tertiary alicyclic amines) is 1. The molecule has 0 unspecified atom stereocenters. The summed E-state index contributed by atoms with van der Waals surface area (Å²) in [6.45, 7) is 4.21. The third-order valence-corrected chi connectivity index (χ3v) is 3.17. The molecule has 0 N–H and O–H groups in total. The minimum absolute atomic E-state index is 0.134. The van der Waals surface area contributed by atoms with E-state index in [1.54, 1.807) is 6.07 Å². The van der Waals surface area contributed by atoms with Crippen molar-refractivity contribution in [2.75, 3.05) is 20.1 Å². The molecule has 1 aromatic rings. The third kappa shape index (κ3) is 2.29. The Balaban J connectivity index is 2.22. The first-order chi connectivity index (χ1) is 7.16. The van der Waals surface area contributed by atoms with E-state index in [0.29, 0.717) is 6.04 Å². The molecule has 1 saturated heterocycles. The lowest BCUT2D eigenvalue weighted by molar-refractivity contribution is 0.218. The first-order valence-electron chi connectivity index (χ1n) is 5.54. The van der Waals surface area contributed by atoms with Gasteiger partial charge < -0.3 is 9.47 Å². The van der Waals surface area contributed by atoms with Crippen LogP contribution in [-0.2, 0) is 0 Å². The van der Waals surface area contributed by atoms with Crippen LogP contribution in [0.5, 0.6) is 0 Å². The predicted molar refractivity (Wildman–Crippen MR) is 61.2 cm³/mol. The van der Waals surface area contributed by atoms with E-state index in [2.05, 4.69) is 11.9 Å². The molecule has 15 heavy (non-hydrogen) atoms. The number of aryl methyl sites for hydroxylation is 1. The van der Waals surface area contributed by atoms with Crippen molar-refractivity contribution in [1.82, 2.24) is 9.47 Å². The Bertz CT molecular complexity index is 389. The van der Waals surface area contributed by atoms with Crippen LogP contribution in [0, 0.1) is 6.92 Å². The Morgan fingerprint density at radius 1 is 1.27 bits per heavy atom. The molecule has 0 aliphatic carbocycles. The Morgan fingerprint density at radius 2 is 1.93 bits per heavy atom. The second-order valence-electron chi connectivity index (χ2n) is 4.49. The fourth-order valence-corrected chi connectivity index (χ4v) is 2.17. The fourth-order valence-electron chi connectivity index (χ4n) is 2.17. The van der Waals surface area contributed by atoms with Crippen molar-refractivity contribution in [3.05, 3.63) is 34.2 Å². The second kappa shape index (κ2) is 4.19. The van der Waals surface area contributed by atoms with Gasteiger partial charge in [-0.1, -0.05) is 6.07 Å². The summed E-state index contributed by atoms with van der Waals surface area (Å²) < 4.78 is 1.91. The molecule has 3 heteroatoms. The van der Waals surface area contributed by atoms with Crippen molar-refractivity contribution >= 4 is 0 Å². The number of nitrogens with zero attached hydrogens (tertiary/aromatic N) is 2. The van der Waals surface area contributed by atoms with E-state index in [4.69, 9.17) is 0 Å². The molecular formula is C12H18N2O. The maximum absolute atomic E-state index is 11.7. The van der Waals surface area contributed by atoms with Gasteiger partial charge in [-0.3, -0.25) is 4.79 Å². The SMILES string of the molecule is Cc1ccc(=O)n(C2CCN(C)CC2)c1. The minimum atomic E-state index is 0.134. The summed E-state index contributed by atoms with van der Waals surface area (Å²) in [5.41, 5.74) is 1.30. The van der Waals surface area contributed by atoms with Crippen LogP contribution in [0.15, 0.2) is 23.1 Å². The molecule has 0 spiro atoms. The molecule has 1 aliphatic rings. The fraction of sp³-hybridized carbons (Fsp3) is 0.583. The van der Waals surface area contributed by atoms with E-state index in [1.807, 2.05) is 23.8 Å². The van der Waals surface area contributed by atoms with E-state index >= 15 is 0 Å². The van der Waals surface area contributed by atoms with E-state index in [0.717, 1.165) is 31.5 Å². The minimum Gasteiger partial charge on any atom is -0.312 e. The van der Waals surface area contributed by atoms with Gasteiger partial charge in [-0.2, -0.15) is 0 Å². The van der Waals surface area contributed by atoms with Gasteiger partial charge in [0.05, 0.1) is 0 Å². The number of piperidine rings is 1. The highest BCUT2D eigenvalue weighted by molar-refractivity contribution is 5.08. The van der Waals surface area contributed by atoms with Gasteiger partial charge in [-0.05, 0) is 45.5 Å². The molecule has 0 atom stereocenters. The van der Waals surface area contributed by atoms with Gasteiger partial charge >= 0.3 is 0 Å². The van der Waals surface area contributed by atoms with Crippen LogP contribution in [0.1, 0.15) is 24.4 Å². The topological polar surface area (TPSA) is 25.2 Å². The van der Waals surface area contributed by atoms with Crippen LogP contribution in [0.3, 0.4) is 0 Å². The van der Waals surface area contributed by atoms with Gasteiger partial charge in [0.1, 0.15) is 0 Å². The maximum Gasteiger partial charge on any atom is 0.250 e. The highest BCUT2D eigenvalue weighted by atomic mass is 16.1. The summed E-state index contributed by atoms with van der Waals surface area (Å²) >= 11 is 0. The Morgan fingerprint density at radius 3 is 2.60 bits per heavy atom. The lowest BCUT2D eigenvalue weighted by atomic mass is 10.1. The molecule has 82 valence electrons. The first-order valence-corrected chi connectivity index (χ1v) is 5.54. The molecule has 0 amide bonds. The van der Waals surface area contributed by atoms with Crippen molar-refractivity contribution in [2.45, 2.75) is 25.8 Å². The van der Waals surface area contributed by atoms with Crippen molar-refractivity contribution in [1.29, 1.82) is 0 Å². The monoisotopic (exact) mass is 206 g/mol. The number of hydrogen-bond donors (Lipinski definition) is 0. The Kier molecular flexibility index (Phi) is 2.91. The number of pyridine rings is 1. The molecule has 3 nitrogen and oxygen atoms in total. The Labute approximate surface area is 90.3 Å².